The molecule has 0 unspecified atom stereocenters. The van der Waals surface area contributed by atoms with Crippen LogP contribution in [0.3, 0.4) is 0 Å². The van der Waals surface area contributed by atoms with Gasteiger partial charge in [0.15, 0.2) is 11.5 Å². The molecule has 21 heteroatoms. The Balaban J connectivity index is 1.06. The van der Waals surface area contributed by atoms with Gasteiger partial charge in [0, 0.05) is 25.8 Å². The van der Waals surface area contributed by atoms with Crippen molar-refractivity contribution >= 4 is 22.9 Å². The van der Waals surface area contributed by atoms with Crippen LogP contribution in [0, 0.1) is 0 Å². The zero-order chi connectivity index (χ0) is 42.0. The molecule has 0 saturated heterocycles. The molecule has 6 N–H and O–H groups in total. The first kappa shape index (κ1) is 49.5. The second-order valence-electron chi connectivity index (χ2n) is 12.3. The highest BCUT2D eigenvalue weighted by Crippen LogP contribution is 2.18. The van der Waals surface area contributed by atoms with E-state index in [1.54, 1.807) is 31.4 Å². The average Bonchev–Trinajstić information content (AvgIpc) is 3.55. The Labute approximate surface area is 344 Å². The summed E-state index contributed by atoms with van der Waals surface area (Å²) in [5, 5.41) is 2.83. The van der Waals surface area contributed by atoms with Crippen LogP contribution in [0.25, 0.3) is 11.2 Å². The minimum atomic E-state index is -0.396. The maximum Gasteiger partial charge on any atom is 0.328 e. The molecule has 0 aliphatic carbocycles. The lowest BCUT2D eigenvalue weighted by Crippen LogP contribution is -2.27. The minimum Gasteiger partial charge on any atom is -0.461 e. The standard InChI is InChI=1S/C38H63N7O14/c1-48-10-29-59-37-43-34(40)33-35(44-37)45(38(47)42-33)30-31-2-4-32(5-3-31)36(46)41-7-9-50-12-14-52-16-18-54-20-22-56-24-26-58-28-27-57-25-23-55-21-19-53-17-15-51-13-11-49-8-6-39/h2-5H,6-30,39H2,1H3,(H,41,46)(H,42,47)(H2,40,43,44). The van der Waals surface area contributed by atoms with E-state index in [1.807, 2.05) is 0 Å². The molecule has 2 heterocycles. The number of nitrogens with two attached hydrogens (primary N) is 2. The average molecular weight is 842 g/mol. The molecule has 3 rings (SSSR count). The number of H-pyrrole nitrogens is 1. The van der Waals surface area contributed by atoms with Gasteiger partial charge in [0.2, 0.25) is 0 Å². The molecule has 0 saturated carbocycles. The van der Waals surface area contributed by atoms with E-state index in [2.05, 4.69) is 20.3 Å². The molecule has 21 nitrogen and oxygen atoms in total. The summed E-state index contributed by atoms with van der Waals surface area (Å²) in [6.07, 6.45) is 0. The van der Waals surface area contributed by atoms with Crippen molar-refractivity contribution in [2.45, 2.75) is 6.54 Å². The smallest absolute Gasteiger partial charge is 0.328 e. The molecule has 1 amide bonds. The van der Waals surface area contributed by atoms with Gasteiger partial charge in [-0.05, 0) is 17.7 Å². The number of rotatable bonds is 39. The summed E-state index contributed by atoms with van der Waals surface area (Å²) < 4.78 is 66.4. The number of carbonyl (C=O) groups is 1. The van der Waals surface area contributed by atoms with Crippen LogP contribution < -0.4 is 27.2 Å². The molecular formula is C38H63N7O14. The number of hydrogen-bond donors (Lipinski definition) is 4. The quantitative estimate of drug-likeness (QED) is 0.0535. The van der Waals surface area contributed by atoms with Crippen LogP contribution in [0.15, 0.2) is 29.1 Å². The molecule has 0 aliphatic rings. The fourth-order valence-electron chi connectivity index (χ4n) is 4.91. The van der Waals surface area contributed by atoms with Gasteiger partial charge in [0.1, 0.15) is 12.1 Å². The molecule has 0 bridgehead atoms. The van der Waals surface area contributed by atoms with Crippen molar-refractivity contribution in [3.8, 4) is 6.01 Å². The Morgan fingerprint density at radius 2 is 1.07 bits per heavy atom. The maximum absolute atomic E-state index is 12.7. The SMILES string of the molecule is COCCOc1nc(N)c2[nH]c(=O)n(Cc3ccc(C(=O)NCCOCCOCCOCCOCCOCCOCCOCCOCCOCCOCCN)cc3)c2n1. The summed E-state index contributed by atoms with van der Waals surface area (Å²) >= 11 is 0. The highest BCUT2D eigenvalue weighted by atomic mass is 16.6. The highest BCUT2D eigenvalue weighted by molar-refractivity contribution is 5.94. The van der Waals surface area contributed by atoms with Gasteiger partial charge < -0.3 is 78.6 Å². The van der Waals surface area contributed by atoms with Crippen LogP contribution in [-0.4, -0.2) is 191 Å². The third-order valence-corrected chi connectivity index (χ3v) is 7.85. The van der Waals surface area contributed by atoms with Crippen molar-refractivity contribution < 1.29 is 61.6 Å². The number of methoxy groups -OCH3 is 1. The van der Waals surface area contributed by atoms with Gasteiger partial charge in [-0.25, -0.2) is 4.79 Å². The Hall–Kier alpha value is -3.84. The van der Waals surface area contributed by atoms with Gasteiger partial charge in [0.25, 0.3) is 5.91 Å². The number of imidazole rings is 1. The number of nitrogens with zero attached hydrogens (tertiary/aromatic N) is 3. The van der Waals surface area contributed by atoms with Gasteiger partial charge in [-0.1, -0.05) is 12.1 Å². The monoisotopic (exact) mass is 841 g/mol. The molecule has 0 atom stereocenters. The molecular weight excluding hydrogens is 778 g/mol. The molecule has 2 aromatic heterocycles. The first-order chi connectivity index (χ1) is 29.0. The number of nitrogen functional groups attached to an aromatic ring is 1. The van der Waals surface area contributed by atoms with Crippen molar-refractivity contribution in [1.29, 1.82) is 0 Å². The van der Waals surface area contributed by atoms with Crippen LogP contribution in [0.4, 0.5) is 5.82 Å². The van der Waals surface area contributed by atoms with E-state index in [-0.39, 0.29) is 30.9 Å². The molecule has 0 fully saturated rings. The molecule has 0 radical (unpaired) electrons. The van der Waals surface area contributed by atoms with Gasteiger partial charge in [-0.2, -0.15) is 9.97 Å². The molecule has 3 aromatic rings. The normalized spacial score (nSPS) is 11.5. The minimum absolute atomic E-state index is 0.0436. The number of aromatic amines is 1. The zero-order valence-corrected chi connectivity index (χ0v) is 34.2. The van der Waals surface area contributed by atoms with Crippen LogP contribution in [0.5, 0.6) is 6.01 Å². The molecule has 334 valence electrons. The summed E-state index contributed by atoms with van der Waals surface area (Å²) in [6.45, 7) is 11.1. The van der Waals surface area contributed by atoms with E-state index in [9.17, 15) is 9.59 Å². The van der Waals surface area contributed by atoms with Gasteiger partial charge in [-0.15, -0.1) is 0 Å². The number of hydrogen-bond acceptors (Lipinski definition) is 18. The second-order valence-corrected chi connectivity index (χ2v) is 12.3. The maximum atomic E-state index is 12.7. The zero-order valence-electron chi connectivity index (χ0n) is 34.2. The van der Waals surface area contributed by atoms with E-state index in [0.717, 1.165) is 5.56 Å². The molecule has 59 heavy (non-hydrogen) atoms. The molecule has 0 spiro atoms. The Bertz CT molecular complexity index is 1560. The predicted molar refractivity (Wildman–Crippen MR) is 215 cm³/mol. The van der Waals surface area contributed by atoms with Gasteiger partial charge >= 0.3 is 11.7 Å². The lowest BCUT2D eigenvalue weighted by molar-refractivity contribution is -0.0262. The van der Waals surface area contributed by atoms with Crippen molar-refractivity contribution in [3.63, 3.8) is 0 Å². The van der Waals surface area contributed by atoms with Crippen LogP contribution in [0.2, 0.25) is 0 Å². The van der Waals surface area contributed by atoms with Crippen LogP contribution in [0.1, 0.15) is 15.9 Å². The number of amides is 1. The summed E-state index contributed by atoms with van der Waals surface area (Å²) in [5.41, 5.74) is 12.8. The van der Waals surface area contributed by atoms with E-state index < -0.39 is 5.69 Å². The Morgan fingerprint density at radius 3 is 1.51 bits per heavy atom. The number of ether oxygens (including phenoxy) is 12. The lowest BCUT2D eigenvalue weighted by atomic mass is 10.1. The highest BCUT2D eigenvalue weighted by Gasteiger charge is 2.15. The summed E-state index contributed by atoms with van der Waals surface area (Å²) in [4.78, 5) is 36.4. The number of nitrogens with one attached hydrogen (secondary N) is 2. The van der Waals surface area contributed by atoms with E-state index in [4.69, 9.17) is 68.3 Å². The largest absolute Gasteiger partial charge is 0.461 e. The van der Waals surface area contributed by atoms with Crippen LogP contribution in [-0.2, 0) is 58.7 Å². The first-order valence-corrected chi connectivity index (χ1v) is 19.8. The first-order valence-electron chi connectivity index (χ1n) is 19.8. The number of benzene rings is 1. The molecule has 0 aliphatic heterocycles. The topological polar surface area (TPSA) is 255 Å². The molecule has 1 aromatic carbocycles. The second kappa shape index (κ2) is 32.9. The van der Waals surface area contributed by atoms with Crippen molar-refractivity contribution in [2.75, 3.05) is 171 Å². The van der Waals surface area contributed by atoms with Gasteiger partial charge in [0.05, 0.1) is 145 Å². The Morgan fingerprint density at radius 1 is 0.627 bits per heavy atom. The number of anilines is 1. The fourth-order valence-corrected chi connectivity index (χ4v) is 4.91. The summed E-state index contributed by atoms with van der Waals surface area (Å²) in [7, 11) is 1.55. The van der Waals surface area contributed by atoms with Crippen molar-refractivity contribution in [3.05, 3.63) is 45.9 Å². The lowest BCUT2D eigenvalue weighted by Gasteiger charge is -2.09. The van der Waals surface area contributed by atoms with Crippen molar-refractivity contribution in [2.24, 2.45) is 5.73 Å². The van der Waals surface area contributed by atoms with Crippen molar-refractivity contribution in [1.82, 2.24) is 24.8 Å². The van der Waals surface area contributed by atoms with E-state index >= 15 is 0 Å². The predicted octanol–water partition coefficient (Wildman–Crippen LogP) is -0.370. The summed E-state index contributed by atoms with van der Waals surface area (Å²) in [5.74, 6) is -0.144. The third-order valence-electron chi connectivity index (χ3n) is 7.85. The summed E-state index contributed by atoms with van der Waals surface area (Å²) in [6, 6.07) is 6.95. The fraction of sp³-hybridized carbons (Fsp3) is 0.684. The van der Waals surface area contributed by atoms with Crippen LogP contribution >= 0.6 is 0 Å². The number of aromatic nitrogens is 4. The number of carbonyl (C=O) groups excluding carboxylic acids is 1. The van der Waals surface area contributed by atoms with E-state index in [1.165, 1.54) is 4.57 Å². The number of fused-ring (bicyclic) bond motifs is 1. The Kier molecular flexibility index (Phi) is 27.7. The van der Waals surface area contributed by atoms with Gasteiger partial charge in [-0.3, -0.25) is 9.36 Å². The third kappa shape index (κ3) is 22.4. The van der Waals surface area contributed by atoms with E-state index in [0.29, 0.717) is 169 Å².